The van der Waals surface area contributed by atoms with Gasteiger partial charge in [-0.3, -0.25) is 4.18 Å². The van der Waals surface area contributed by atoms with Crippen LogP contribution in [0.15, 0.2) is 0 Å². The van der Waals surface area contributed by atoms with E-state index in [1.54, 1.807) is 0 Å². The fraction of sp³-hybridized carbons (Fsp3) is 1.00. The van der Waals surface area contributed by atoms with Crippen molar-refractivity contribution in [3.63, 3.8) is 0 Å². The molecule has 2 aliphatic rings. The van der Waals surface area contributed by atoms with E-state index in [0.717, 1.165) is 0 Å². The van der Waals surface area contributed by atoms with Crippen molar-refractivity contribution in [2.45, 2.75) is 48.8 Å². The quantitative estimate of drug-likeness (QED) is 0.224. The highest BCUT2D eigenvalue weighted by atomic mass is 32.3. The van der Waals surface area contributed by atoms with E-state index < -0.39 is 63.2 Å². The molecule has 0 amide bonds. The third-order valence-corrected chi connectivity index (χ3v) is 7.22. The second-order valence-electron chi connectivity index (χ2n) is 5.49. The molecule has 2 heterocycles. The fourth-order valence-electron chi connectivity index (χ4n) is 2.81. The van der Waals surface area contributed by atoms with Crippen LogP contribution in [0.25, 0.3) is 0 Å². The van der Waals surface area contributed by atoms with E-state index >= 15 is 0 Å². The van der Waals surface area contributed by atoms with Gasteiger partial charge in [-0.2, -0.15) is 0 Å². The van der Waals surface area contributed by atoms with Gasteiger partial charge in [0.2, 0.25) is 10.4 Å². The Hall–Kier alpha value is 0.0200. The zero-order valence-electron chi connectivity index (χ0n) is 11.8. The summed E-state index contributed by atoms with van der Waals surface area (Å²) in [6.45, 7) is 1.18. The SMILES string of the molecule is CC1O[C@H](C[S+]2C[C@@H](O)[C@H](O)[C@H]2CO)[C@H](OS(=O)(=O)[O-])[C@H]1O. The summed E-state index contributed by atoms with van der Waals surface area (Å²) in [5.41, 5.74) is 0. The molecule has 0 aromatic carbocycles. The molecule has 2 rings (SSSR count). The molecule has 9 nitrogen and oxygen atoms in total. The third-order valence-electron chi connectivity index (χ3n) is 3.95. The molecule has 0 aromatic heterocycles. The van der Waals surface area contributed by atoms with Crippen molar-refractivity contribution < 1.29 is 42.3 Å². The standard InChI is InChI=1S/C11H20O9S2/c1-5-9(14)11(20-22(16,17)18)7(19-5)4-21-3-6(13)10(15)8(21)2-12/h5-15H,2-4H2,1H3/t5?,6-,7-,8-,9+,10+,11+,21?/m1/s1. The molecule has 0 bridgehead atoms. The van der Waals surface area contributed by atoms with Crippen molar-refractivity contribution in [3.8, 4) is 0 Å². The van der Waals surface area contributed by atoms with Gasteiger partial charge in [0.25, 0.3) is 0 Å². The summed E-state index contributed by atoms with van der Waals surface area (Å²) in [5.74, 6) is 0.397. The van der Waals surface area contributed by atoms with E-state index in [4.69, 9.17) is 4.74 Å². The van der Waals surface area contributed by atoms with E-state index in [0.29, 0.717) is 0 Å². The Morgan fingerprint density at radius 3 is 2.50 bits per heavy atom. The zero-order valence-corrected chi connectivity index (χ0v) is 13.4. The summed E-state index contributed by atoms with van der Waals surface area (Å²) in [7, 11) is -5.66. The molecule has 11 heteroatoms. The first-order valence-electron chi connectivity index (χ1n) is 6.75. The Morgan fingerprint density at radius 2 is 1.95 bits per heavy atom. The lowest BCUT2D eigenvalue weighted by Gasteiger charge is -2.22. The van der Waals surface area contributed by atoms with Crippen LogP contribution in [-0.2, 0) is 30.2 Å². The van der Waals surface area contributed by atoms with Crippen LogP contribution in [0.5, 0.6) is 0 Å². The molecular formula is C11H20O9S2. The lowest BCUT2D eigenvalue weighted by Crippen LogP contribution is -2.42. The Kier molecular flexibility index (Phi) is 5.73. The first-order valence-corrected chi connectivity index (χ1v) is 9.71. The maximum absolute atomic E-state index is 10.8. The van der Waals surface area contributed by atoms with E-state index in [9.17, 15) is 33.4 Å². The van der Waals surface area contributed by atoms with Crippen LogP contribution >= 0.6 is 0 Å². The van der Waals surface area contributed by atoms with Gasteiger partial charge in [0, 0.05) is 10.9 Å². The molecule has 22 heavy (non-hydrogen) atoms. The summed E-state index contributed by atoms with van der Waals surface area (Å²) >= 11 is 0. The van der Waals surface area contributed by atoms with Gasteiger partial charge >= 0.3 is 0 Å². The van der Waals surface area contributed by atoms with Crippen molar-refractivity contribution >= 4 is 21.3 Å². The molecule has 2 aliphatic heterocycles. The Balaban J connectivity index is 2.10. The number of ether oxygens (including phenoxy) is 1. The van der Waals surface area contributed by atoms with Crippen molar-refractivity contribution in [1.29, 1.82) is 0 Å². The maximum Gasteiger partial charge on any atom is 0.218 e. The normalized spacial score (nSPS) is 46.3. The number of rotatable bonds is 5. The highest BCUT2D eigenvalue weighted by molar-refractivity contribution is 7.97. The largest absolute Gasteiger partial charge is 0.726 e. The number of aliphatic hydroxyl groups is 4. The topological polar surface area (TPSA) is 157 Å². The predicted octanol–water partition coefficient (Wildman–Crippen LogP) is -3.31. The maximum atomic E-state index is 10.8. The van der Waals surface area contributed by atoms with Crippen LogP contribution in [0.2, 0.25) is 0 Å². The molecular weight excluding hydrogens is 340 g/mol. The summed E-state index contributed by atoms with van der Waals surface area (Å²) in [6, 6.07) is 0. The van der Waals surface area contributed by atoms with Crippen molar-refractivity contribution in [2.75, 3.05) is 18.1 Å². The molecule has 130 valence electrons. The number of hydrogen-bond acceptors (Lipinski definition) is 9. The minimum absolute atomic E-state index is 0.168. The Morgan fingerprint density at radius 1 is 1.32 bits per heavy atom. The monoisotopic (exact) mass is 360 g/mol. The molecule has 0 aliphatic carbocycles. The lowest BCUT2D eigenvalue weighted by atomic mass is 10.1. The van der Waals surface area contributed by atoms with Crippen LogP contribution in [0.3, 0.4) is 0 Å². The molecule has 8 atom stereocenters. The van der Waals surface area contributed by atoms with Gasteiger partial charge in [-0.1, -0.05) is 0 Å². The van der Waals surface area contributed by atoms with E-state index in [-0.39, 0.29) is 18.1 Å². The lowest BCUT2D eigenvalue weighted by molar-refractivity contribution is 0.0295. The minimum atomic E-state index is -5.01. The molecule has 0 saturated carbocycles. The summed E-state index contributed by atoms with van der Waals surface area (Å²) in [5, 5.41) is 38.1. The van der Waals surface area contributed by atoms with E-state index in [1.165, 1.54) is 6.92 Å². The van der Waals surface area contributed by atoms with Crippen LogP contribution in [0.1, 0.15) is 6.92 Å². The zero-order chi connectivity index (χ0) is 16.7. The number of aliphatic hydroxyl groups excluding tert-OH is 4. The van der Waals surface area contributed by atoms with Crippen LogP contribution in [0.4, 0.5) is 0 Å². The molecule has 0 aromatic rings. The fourth-order valence-corrected chi connectivity index (χ4v) is 6.07. The highest BCUT2D eigenvalue weighted by Gasteiger charge is 2.54. The first-order chi connectivity index (χ1) is 10.1. The Labute approximate surface area is 131 Å². The van der Waals surface area contributed by atoms with Gasteiger partial charge in [0.05, 0.1) is 12.7 Å². The summed E-state index contributed by atoms with van der Waals surface area (Å²) in [4.78, 5) is 0. The van der Waals surface area contributed by atoms with Crippen LogP contribution < -0.4 is 0 Å². The first kappa shape index (κ1) is 18.4. The average molecular weight is 360 g/mol. The highest BCUT2D eigenvalue weighted by Crippen LogP contribution is 2.31. The van der Waals surface area contributed by atoms with Gasteiger partial charge in [0.1, 0.15) is 42.0 Å². The summed E-state index contributed by atoms with van der Waals surface area (Å²) in [6.07, 6.45) is -6.25. The van der Waals surface area contributed by atoms with Gasteiger partial charge in [-0.15, -0.1) is 0 Å². The number of hydrogen-bond donors (Lipinski definition) is 4. The van der Waals surface area contributed by atoms with Crippen molar-refractivity contribution in [3.05, 3.63) is 0 Å². The van der Waals surface area contributed by atoms with Gasteiger partial charge in [-0.05, 0) is 6.92 Å². The second-order valence-corrected chi connectivity index (χ2v) is 8.85. The van der Waals surface area contributed by atoms with Gasteiger partial charge in [-0.25, -0.2) is 8.42 Å². The van der Waals surface area contributed by atoms with Crippen LogP contribution in [0, 0.1) is 0 Å². The predicted molar refractivity (Wildman–Crippen MR) is 74.9 cm³/mol. The van der Waals surface area contributed by atoms with E-state index in [2.05, 4.69) is 4.18 Å². The van der Waals surface area contributed by atoms with E-state index in [1.807, 2.05) is 0 Å². The van der Waals surface area contributed by atoms with Crippen molar-refractivity contribution in [1.82, 2.24) is 0 Å². The Bertz CT molecular complexity index is 484. The minimum Gasteiger partial charge on any atom is -0.726 e. The van der Waals surface area contributed by atoms with Crippen LogP contribution in [-0.4, -0.2) is 93.4 Å². The summed E-state index contributed by atoms with van der Waals surface area (Å²) < 4.78 is 42.2. The van der Waals surface area contributed by atoms with Gasteiger partial charge < -0.3 is 29.7 Å². The molecule has 2 fully saturated rings. The molecule has 2 saturated heterocycles. The smallest absolute Gasteiger partial charge is 0.218 e. The molecule has 0 radical (unpaired) electrons. The second kappa shape index (κ2) is 6.87. The van der Waals surface area contributed by atoms with Gasteiger partial charge in [0.15, 0.2) is 5.25 Å². The molecule has 2 unspecified atom stereocenters. The third kappa shape index (κ3) is 3.91. The molecule has 0 spiro atoms. The molecule has 4 N–H and O–H groups in total. The average Bonchev–Trinajstić information content (AvgIpc) is 2.80. The van der Waals surface area contributed by atoms with Crippen molar-refractivity contribution in [2.24, 2.45) is 0 Å².